The maximum absolute atomic E-state index is 12.3. The quantitative estimate of drug-likeness (QED) is 0.648. The average molecular weight is 400 g/mol. The van der Waals surface area contributed by atoms with Gasteiger partial charge in [0, 0.05) is 22.7 Å². The Bertz CT molecular complexity index is 855. The summed E-state index contributed by atoms with van der Waals surface area (Å²) in [5.41, 5.74) is 2.56. The van der Waals surface area contributed by atoms with Crippen molar-refractivity contribution in [3.8, 4) is 11.3 Å². The fourth-order valence-electron chi connectivity index (χ4n) is 2.48. The first-order valence-electron chi connectivity index (χ1n) is 7.86. The van der Waals surface area contributed by atoms with Crippen LogP contribution in [-0.2, 0) is 17.9 Å². The number of benzene rings is 2. The molecule has 3 rings (SSSR count). The zero-order valence-corrected chi connectivity index (χ0v) is 15.4. The number of hydrogen-bond donors (Lipinski definition) is 1. The number of methoxy groups -OCH3 is 1. The molecule has 0 spiro atoms. The molecule has 3 aromatic rings. The molecule has 0 bridgehead atoms. The van der Waals surface area contributed by atoms with E-state index in [9.17, 15) is 4.79 Å². The minimum atomic E-state index is -0.139. The highest BCUT2D eigenvalue weighted by molar-refractivity contribution is 9.10. The predicted octanol–water partition coefficient (Wildman–Crippen LogP) is 4.79. The molecule has 4 nitrogen and oxygen atoms in total. The number of ether oxygens (including phenoxy) is 1. The van der Waals surface area contributed by atoms with Crippen LogP contribution >= 0.6 is 15.9 Å². The van der Waals surface area contributed by atoms with Crippen LogP contribution in [0.2, 0.25) is 0 Å². The van der Waals surface area contributed by atoms with Crippen molar-refractivity contribution in [3.05, 3.63) is 82.0 Å². The largest absolute Gasteiger partial charge is 0.459 e. The highest BCUT2D eigenvalue weighted by Gasteiger charge is 2.09. The monoisotopic (exact) mass is 399 g/mol. The Morgan fingerprint density at radius 3 is 2.68 bits per heavy atom. The molecule has 128 valence electrons. The number of carbonyl (C=O) groups excluding carboxylic acids is 1. The molecule has 0 atom stereocenters. The summed E-state index contributed by atoms with van der Waals surface area (Å²) in [5.74, 6) is 1.35. The molecule has 0 saturated carbocycles. The van der Waals surface area contributed by atoms with Gasteiger partial charge in [-0.3, -0.25) is 4.79 Å². The van der Waals surface area contributed by atoms with Crippen LogP contribution in [0.25, 0.3) is 11.3 Å². The van der Waals surface area contributed by atoms with Gasteiger partial charge in [0.25, 0.3) is 5.91 Å². The van der Waals surface area contributed by atoms with Crippen molar-refractivity contribution in [2.24, 2.45) is 0 Å². The lowest BCUT2D eigenvalue weighted by molar-refractivity contribution is 0.0947. The Morgan fingerprint density at radius 2 is 1.92 bits per heavy atom. The zero-order chi connectivity index (χ0) is 17.6. The van der Waals surface area contributed by atoms with Crippen LogP contribution in [0.3, 0.4) is 0 Å². The summed E-state index contributed by atoms with van der Waals surface area (Å²) in [6, 6.07) is 19.1. The third-order valence-corrected chi connectivity index (χ3v) is 4.24. The lowest BCUT2D eigenvalue weighted by Gasteiger charge is -2.06. The molecule has 0 saturated heterocycles. The van der Waals surface area contributed by atoms with E-state index in [1.54, 1.807) is 13.2 Å². The molecule has 0 aliphatic rings. The fourth-order valence-corrected chi connectivity index (χ4v) is 2.75. The molecule has 25 heavy (non-hydrogen) atoms. The molecule has 1 N–H and O–H groups in total. The molecule has 1 aromatic heterocycles. The van der Waals surface area contributed by atoms with Gasteiger partial charge >= 0.3 is 0 Å². The SMILES string of the molecule is COCc1cccc(C(=O)NCc2ccc(-c3ccc(Br)cc3)o2)c1. The van der Waals surface area contributed by atoms with Gasteiger partial charge in [-0.25, -0.2) is 0 Å². The highest BCUT2D eigenvalue weighted by atomic mass is 79.9. The third-order valence-electron chi connectivity index (χ3n) is 3.71. The van der Waals surface area contributed by atoms with Crippen molar-refractivity contribution in [2.75, 3.05) is 7.11 Å². The van der Waals surface area contributed by atoms with Crippen molar-refractivity contribution >= 4 is 21.8 Å². The number of carbonyl (C=O) groups is 1. The summed E-state index contributed by atoms with van der Waals surface area (Å²) in [4.78, 5) is 12.3. The van der Waals surface area contributed by atoms with Gasteiger partial charge in [-0.2, -0.15) is 0 Å². The van der Waals surface area contributed by atoms with E-state index >= 15 is 0 Å². The second-order valence-electron chi connectivity index (χ2n) is 5.59. The van der Waals surface area contributed by atoms with E-state index in [1.165, 1.54) is 0 Å². The first kappa shape index (κ1) is 17.5. The van der Waals surface area contributed by atoms with Gasteiger partial charge < -0.3 is 14.5 Å². The Labute approximate surface area is 154 Å². The first-order valence-corrected chi connectivity index (χ1v) is 8.66. The van der Waals surface area contributed by atoms with Gasteiger partial charge in [0.15, 0.2) is 0 Å². The number of amides is 1. The molecule has 1 heterocycles. The van der Waals surface area contributed by atoms with Gasteiger partial charge in [0.1, 0.15) is 11.5 Å². The molecule has 0 radical (unpaired) electrons. The van der Waals surface area contributed by atoms with Crippen molar-refractivity contribution in [1.82, 2.24) is 5.32 Å². The van der Waals surface area contributed by atoms with Crippen LogP contribution in [0, 0.1) is 0 Å². The zero-order valence-electron chi connectivity index (χ0n) is 13.8. The number of halogens is 1. The van der Waals surface area contributed by atoms with E-state index in [0.717, 1.165) is 21.4 Å². The second-order valence-corrected chi connectivity index (χ2v) is 6.50. The van der Waals surface area contributed by atoms with E-state index in [0.29, 0.717) is 24.5 Å². The average Bonchev–Trinajstić information content (AvgIpc) is 3.10. The molecule has 0 unspecified atom stereocenters. The fraction of sp³-hybridized carbons (Fsp3) is 0.150. The molecule has 0 fully saturated rings. The van der Waals surface area contributed by atoms with Gasteiger partial charge in [0.2, 0.25) is 0 Å². The number of furan rings is 1. The molecule has 0 aliphatic heterocycles. The van der Waals surface area contributed by atoms with Gasteiger partial charge in [-0.05, 0) is 42.0 Å². The van der Waals surface area contributed by atoms with Crippen LogP contribution in [0.4, 0.5) is 0 Å². The van der Waals surface area contributed by atoms with Crippen LogP contribution in [0.15, 0.2) is 69.6 Å². The summed E-state index contributed by atoms with van der Waals surface area (Å²) in [7, 11) is 1.63. The topological polar surface area (TPSA) is 51.5 Å². The molecular formula is C20H18BrNO3. The van der Waals surface area contributed by atoms with E-state index in [4.69, 9.17) is 9.15 Å². The van der Waals surface area contributed by atoms with E-state index in [-0.39, 0.29) is 5.91 Å². The maximum atomic E-state index is 12.3. The summed E-state index contributed by atoms with van der Waals surface area (Å²) in [6.45, 7) is 0.819. The first-order chi connectivity index (χ1) is 12.2. The second kappa shape index (κ2) is 8.14. The predicted molar refractivity (Wildman–Crippen MR) is 100 cm³/mol. The minimum Gasteiger partial charge on any atom is -0.459 e. The lowest BCUT2D eigenvalue weighted by Crippen LogP contribution is -2.22. The van der Waals surface area contributed by atoms with Crippen molar-refractivity contribution in [2.45, 2.75) is 13.2 Å². The normalized spacial score (nSPS) is 10.6. The molecule has 2 aromatic carbocycles. The molecule has 5 heteroatoms. The minimum absolute atomic E-state index is 0.139. The van der Waals surface area contributed by atoms with Crippen molar-refractivity contribution in [1.29, 1.82) is 0 Å². The van der Waals surface area contributed by atoms with Crippen molar-refractivity contribution in [3.63, 3.8) is 0 Å². The molecular weight excluding hydrogens is 382 g/mol. The van der Waals surface area contributed by atoms with Gasteiger partial charge in [0.05, 0.1) is 13.2 Å². The number of rotatable bonds is 6. The maximum Gasteiger partial charge on any atom is 0.251 e. The smallest absolute Gasteiger partial charge is 0.251 e. The van der Waals surface area contributed by atoms with E-state index in [1.807, 2.05) is 54.6 Å². The van der Waals surface area contributed by atoms with E-state index in [2.05, 4.69) is 21.2 Å². The Balaban J connectivity index is 1.63. The summed E-state index contributed by atoms with van der Waals surface area (Å²) >= 11 is 3.42. The highest BCUT2D eigenvalue weighted by Crippen LogP contribution is 2.24. The number of nitrogens with one attached hydrogen (secondary N) is 1. The Hall–Kier alpha value is -2.37. The Morgan fingerprint density at radius 1 is 1.12 bits per heavy atom. The standard InChI is InChI=1S/C20H18BrNO3/c1-24-13-14-3-2-4-16(11-14)20(23)22-12-18-9-10-19(25-18)15-5-7-17(21)8-6-15/h2-11H,12-13H2,1H3,(H,22,23). The van der Waals surface area contributed by atoms with E-state index < -0.39 is 0 Å². The van der Waals surface area contributed by atoms with Crippen molar-refractivity contribution < 1.29 is 13.9 Å². The van der Waals surface area contributed by atoms with Crippen LogP contribution < -0.4 is 5.32 Å². The van der Waals surface area contributed by atoms with Gasteiger partial charge in [-0.1, -0.05) is 40.2 Å². The summed E-state index contributed by atoms with van der Waals surface area (Å²) in [6.07, 6.45) is 0. The molecule has 1 amide bonds. The molecule has 0 aliphatic carbocycles. The Kier molecular flexibility index (Phi) is 5.68. The van der Waals surface area contributed by atoms with Crippen LogP contribution in [-0.4, -0.2) is 13.0 Å². The van der Waals surface area contributed by atoms with Crippen LogP contribution in [0.5, 0.6) is 0 Å². The summed E-state index contributed by atoms with van der Waals surface area (Å²) < 4.78 is 11.9. The number of hydrogen-bond acceptors (Lipinski definition) is 3. The third kappa shape index (κ3) is 4.59. The lowest BCUT2D eigenvalue weighted by atomic mass is 10.1. The summed E-state index contributed by atoms with van der Waals surface area (Å²) in [5, 5.41) is 2.88. The van der Waals surface area contributed by atoms with Gasteiger partial charge in [-0.15, -0.1) is 0 Å². The van der Waals surface area contributed by atoms with Crippen LogP contribution in [0.1, 0.15) is 21.7 Å².